The summed E-state index contributed by atoms with van der Waals surface area (Å²) in [6.07, 6.45) is 0. The molecule has 13 heavy (non-hydrogen) atoms. The van der Waals surface area contributed by atoms with Crippen LogP contribution in [-0.4, -0.2) is 13.2 Å². The van der Waals surface area contributed by atoms with Gasteiger partial charge in [-0.25, -0.2) is 5.43 Å². The Morgan fingerprint density at radius 2 is 2.31 bits per heavy atom. The lowest BCUT2D eigenvalue weighted by Crippen LogP contribution is -2.40. The Hall–Kier alpha value is -1.10. The second-order valence-corrected chi connectivity index (χ2v) is 2.74. The maximum absolute atomic E-state index is 5.43. The molecule has 0 aromatic heterocycles. The second-order valence-electron chi connectivity index (χ2n) is 2.74. The molecule has 0 fully saturated rings. The van der Waals surface area contributed by atoms with Gasteiger partial charge in [-0.05, 0) is 24.6 Å². The van der Waals surface area contributed by atoms with Crippen molar-refractivity contribution in [2.75, 3.05) is 13.2 Å². The summed E-state index contributed by atoms with van der Waals surface area (Å²) in [5, 5.41) is 0. The van der Waals surface area contributed by atoms with Crippen molar-refractivity contribution in [1.29, 1.82) is 0 Å². The highest BCUT2D eigenvalue weighted by Gasteiger charge is 1.92. The molecule has 1 rings (SSSR count). The molecule has 0 unspecified atom stereocenters. The molecular weight excluding hydrogens is 166 g/mol. The van der Waals surface area contributed by atoms with Gasteiger partial charge in [0.05, 0.1) is 0 Å². The fourth-order valence-electron chi connectivity index (χ4n) is 0.997. The van der Waals surface area contributed by atoms with E-state index >= 15 is 0 Å². The van der Waals surface area contributed by atoms with Crippen molar-refractivity contribution in [3.63, 3.8) is 0 Å². The lowest BCUT2D eigenvalue weighted by atomic mass is 10.2. The van der Waals surface area contributed by atoms with Gasteiger partial charge in [0.15, 0.2) is 0 Å². The van der Waals surface area contributed by atoms with E-state index in [-0.39, 0.29) is 0 Å². The molecule has 4 nitrogen and oxygen atoms in total. The Balaban J connectivity index is 2.28. The number of nitrogens with one attached hydrogen (secondary N) is 2. The first-order chi connectivity index (χ1) is 6.33. The fraction of sp³-hybridized carbons (Fsp3) is 0.333. The van der Waals surface area contributed by atoms with Crippen molar-refractivity contribution in [3.8, 4) is 5.75 Å². The van der Waals surface area contributed by atoms with Crippen LogP contribution in [0.25, 0.3) is 0 Å². The monoisotopic (exact) mass is 181 g/mol. The minimum Gasteiger partial charge on any atom is -0.492 e. The number of aryl methyl sites for hydroxylation is 1. The van der Waals surface area contributed by atoms with Gasteiger partial charge in [0, 0.05) is 6.54 Å². The Bertz CT molecular complexity index is 252. The van der Waals surface area contributed by atoms with Gasteiger partial charge < -0.3 is 4.74 Å². The van der Waals surface area contributed by atoms with Crippen molar-refractivity contribution in [1.82, 2.24) is 11.0 Å². The van der Waals surface area contributed by atoms with Crippen LogP contribution in [0, 0.1) is 6.92 Å². The third kappa shape index (κ3) is 3.89. The highest BCUT2D eigenvalue weighted by atomic mass is 16.5. The smallest absolute Gasteiger partial charge is 0.119 e. The number of benzene rings is 1. The zero-order chi connectivity index (χ0) is 9.52. The molecule has 0 bridgehead atoms. The van der Waals surface area contributed by atoms with Crippen molar-refractivity contribution >= 4 is 0 Å². The Morgan fingerprint density at radius 3 is 3.00 bits per heavy atom. The lowest BCUT2D eigenvalue weighted by Gasteiger charge is -2.06. The topological polar surface area (TPSA) is 59.3 Å². The molecule has 0 radical (unpaired) electrons. The number of ether oxygens (including phenoxy) is 1. The Morgan fingerprint density at radius 1 is 1.46 bits per heavy atom. The number of rotatable bonds is 5. The largest absolute Gasteiger partial charge is 0.492 e. The van der Waals surface area contributed by atoms with Crippen LogP contribution in [0.2, 0.25) is 0 Å². The molecule has 0 aliphatic heterocycles. The maximum atomic E-state index is 5.43. The summed E-state index contributed by atoms with van der Waals surface area (Å²) < 4.78 is 5.43. The molecule has 0 aliphatic carbocycles. The SMILES string of the molecule is Cc1cccc(OCCNNN)c1. The average Bonchev–Trinajstić information content (AvgIpc) is 2.13. The number of hydrazine groups is 2. The molecule has 0 spiro atoms. The van der Waals surface area contributed by atoms with Crippen molar-refractivity contribution < 1.29 is 4.74 Å². The third-order valence-corrected chi connectivity index (χ3v) is 1.59. The van der Waals surface area contributed by atoms with E-state index in [1.54, 1.807) is 0 Å². The quantitative estimate of drug-likeness (QED) is 0.348. The molecule has 4 N–H and O–H groups in total. The van der Waals surface area contributed by atoms with Gasteiger partial charge in [0.25, 0.3) is 0 Å². The summed E-state index contributed by atoms with van der Waals surface area (Å²) in [6.45, 7) is 3.30. The standard InChI is InChI=1S/C9H15N3O/c1-8-3-2-4-9(7-8)13-6-5-11-12-10/h2-4,7,11-12H,5-6,10H2,1H3. The summed E-state index contributed by atoms with van der Waals surface area (Å²) >= 11 is 0. The van der Waals surface area contributed by atoms with Crippen molar-refractivity contribution in [2.45, 2.75) is 6.92 Å². The lowest BCUT2D eigenvalue weighted by molar-refractivity contribution is 0.305. The van der Waals surface area contributed by atoms with Gasteiger partial charge in [-0.2, -0.15) is 5.53 Å². The number of hydrogen-bond acceptors (Lipinski definition) is 4. The summed E-state index contributed by atoms with van der Waals surface area (Å²) in [6, 6.07) is 7.94. The predicted octanol–water partition coefficient (Wildman–Crippen LogP) is 0.342. The van der Waals surface area contributed by atoms with E-state index in [1.165, 1.54) is 5.56 Å². The van der Waals surface area contributed by atoms with E-state index in [1.807, 2.05) is 31.2 Å². The van der Waals surface area contributed by atoms with Crippen LogP contribution >= 0.6 is 0 Å². The van der Waals surface area contributed by atoms with E-state index in [4.69, 9.17) is 10.6 Å². The van der Waals surface area contributed by atoms with Crippen LogP contribution in [-0.2, 0) is 0 Å². The van der Waals surface area contributed by atoms with Crippen molar-refractivity contribution in [2.24, 2.45) is 5.84 Å². The summed E-state index contributed by atoms with van der Waals surface area (Å²) in [5.41, 5.74) is 6.27. The van der Waals surface area contributed by atoms with Gasteiger partial charge in [-0.3, -0.25) is 5.84 Å². The minimum absolute atomic E-state index is 0.591. The van der Waals surface area contributed by atoms with Crippen molar-refractivity contribution in [3.05, 3.63) is 29.8 Å². The van der Waals surface area contributed by atoms with Gasteiger partial charge in [0.2, 0.25) is 0 Å². The van der Waals surface area contributed by atoms with Crippen LogP contribution in [0.1, 0.15) is 5.56 Å². The van der Waals surface area contributed by atoms with Crippen LogP contribution in [0.5, 0.6) is 5.75 Å². The van der Waals surface area contributed by atoms with Crippen LogP contribution in [0.15, 0.2) is 24.3 Å². The number of nitrogens with two attached hydrogens (primary N) is 1. The first kappa shape index (κ1) is 9.98. The van der Waals surface area contributed by atoms with E-state index < -0.39 is 0 Å². The molecule has 0 amide bonds. The molecule has 0 saturated carbocycles. The van der Waals surface area contributed by atoms with E-state index in [0.717, 1.165) is 5.75 Å². The molecule has 4 heteroatoms. The molecule has 1 aromatic carbocycles. The molecule has 0 heterocycles. The van der Waals surface area contributed by atoms with Gasteiger partial charge in [-0.1, -0.05) is 12.1 Å². The normalized spacial score (nSPS) is 10.0. The molecule has 72 valence electrons. The zero-order valence-electron chi connectivity index (χ0n) is 7.71. The van der Waals surface area contributed by atoms with E-state index in [9.17, 15) is 0 Å². The summed E-state index contributed by atoms with van der Waals surface area (Å²) in [7, 11) is 0. The van der Waals surface area contributed by atoms with Crippen LogP contribution < -0.4 is 21.5 Å². The Kier molecular flexibility index (Phi) is 4.25. The third-order valence-electron chi connectivity index (χ3n) is 1.59. The zero-order valence-corrected chi connectivity index (χ0v) is 7.71. The Labute approximate surface area is 78.0 Å². The van der Waals surface area contributed by atoms with Gasteiger partial charge >= 0.3 is 0 Å². The van der Waals surface area contributed by atoms with Crippen LogP contribution in [0.3, 0.4) is 0 Å². The van der Waals surface area contributed by atoms with E-state index in [0.29, 0.717) is 13.2 Å². The number of hydrogen-bond donors (Lipinski definition) is 3. The minimum atomic E-state index is 0.591. The summed E-state index contributed by atoms with van der Waals surface area (Å²) in [5.74, 6) is 5.90. The molecule has 0 aliphatic rings. The first-order valence-corrected chi connectivity index (χ1v) is 4.21. The van der Waals surface area contributed by atoms with Crippen LogP contribution in [0.4, 0.5) is 0 Å². The molecule has 0 atom stereocenters. The van der Waals surface area contributed by atoms with Gasteiger partial charge in [0.1, 0.15) is 12.4 Å². The second kappa shape index (κ2) is 5.53. The average molecular weight is 181 g/mol. The summed E-state index contributed by atoms with van der Waals surface area (Å²) in [4.78, 5) is 0. The highest BCUT2D eigenvalue weighted by Crippen LogP contribution is 2.11. The predicted molar refractivity (Wildman–Crippen MR) is 52.0 cm³/mol. The molecule has 0 saturated heterocycles. The fourth-order valence-corrected chi connectivity index (χ4v) is 0.997. The maximum Gasteiger partial charge on any atom is 0.119 e. The first-order valence-electron chi connectivity index (χ1n) is 4.21. The van der Waals surface area contributed by atoms with E-state index in [2.05, 4.69) is 11.0 Å². The van der Waals surface area contributed by atoms with Gasteiger partial charge in [-0.15, -0.1) is 0 Å². The highest BCUT2D eigenvalue weighted by molar-refractivity contribution is 5.27. The molecular formula is C9H15N3O. The molecule has 1 aromatic rings.